The van der Waals surface area contributed by atoms with Gasteiger partial charge in [-0.3, -0.25) is 0 Å². The summed E-state index contributed by atoms with van der Waals surface area (Å²) in [5.74, 6) is 0. The maximum atomic E-state index is 5.15. The number of rotatable bonds is 0. The zero-order chi connectivity index (χ0) is 5.49. The molecule has 7 heavy (non-hydrogen) atoms. The zero-order valence-electron chi connectivity index (χ0n) is 5.19. The van der Waals surface area contributed by atoms with Crippen LogP contribution in [0.4, 0.5) is 0 Å². The molecule has 42 valence electrons. The van der Waals surface area contributed by atoms with Crippen molar-refractivity contribution >= 4 is 0 Å². The number of hydrogen-bond acceptors (Lipinski definition) is 1. The van der Waals surface area contributed by atoms with Gasteiger partial charge in [0, 0.05) is 5.41 Å². The smallest absolute Gasteiger partial charge is 0.0620 e. The van der Waals surface area contributed by atoms with E-state index in [4.69, 9.17) is 4.74 Å². The molecule has 1 saturated heterocycles. The Morgan fingerprint density at radius 2 is 2.00 bits per heavy atom. The standard InChI is InChI=1S/C6H12O/c1-5-6(2,3)4-7-5/h5H,4H2,1-3H3/t5-/m0/s1. The maximum Gasteiger partial charge on any atom is 0.0620 e. The first-order valence-corrected chi connectivity index (χ1v) is 2.74. The second-order valence-corrected chi connectivity index (χ2v) is 2.94. The minimum Gasteiger partial charge on any atom is -0.377 e. The van der Waals surface area contributed by atoms with Crippen LogP contribution in [0.15, 0.2) is 0 Å². The lowest BCUT2D eigenvalue weighted by Crippen LogP contribution is -2.45. The van der Waals surface area contributed by atoms with Gasteiger partial charge in [0.1, 0.15) is 0 Å². The first-order valence-electron chi connectivity index (χ1n) is 2.74. The lowest BCUT2D eigenvalue weighted by Gasteiger charge is -2.41. The molecule has 1 rings (SSSR count). The molecule has 1 heterocycles. The normalized spacial score (nSPS) is 37.3. The van der Waals surface area contributed by atoms with Gasteiger partial charge in [0.15, 0.2) is 0 Å². The molecule has 1 aliphatic rings. The molecule has 1 nitrogen and oxygen atoms in total. The molecule has 0 saturated carbocycles. The predicted molar refractivity (Wildman–Crippen MR) is 29.2 cm³/mol. The van der Waals surface area contributed by atoms with E-state index in [1.165, 1.54) is 0 Å². The fourth-order valence-corrected chi connectivity index (χ4v) is 0.583. The Morgan fingerprint density at radius 3 is 2.00 bits per heavy atom. The highest BCUT2D eigenvalue weighted by molar-refractivity contribution is 4.83. The van der Waals surface area contributed by atoms with Crippen LogP contribution in [0.1, 0.15) is 20.8 Å². The van der Waals surface area contributed by atoms with Gasteiger partial charge < -0.3 is 4.74 Å². The lowest BCUT2D eigenvalue weighted by atomic mass is 9.84. The molecule has 0 aromatic rings. The number of hydrogen-bond donors (Lipinski definition) is 0. The summed E-state index contributed by atoms with van der Waals surface area (Å²) in [7, 11) is 0. The summed E-state index contributed by atoms with van der Waals surface area (Å²) >= 11 is 0. The van der Waals surface area contributed by atoms with E-state index in [0.29, 0.717) is 11.5 Å². The quantitative estimate of drug-likeness (QED) is 0.447. The summed E-state index contributed by atoms with van der Waals surface area (Å²) in [6.07, 6.45) is 0.479. The molecule has 0 aromatic heterocycles. The first-order chi connectivity index (χ1) is 3.13. The van der Waals surface area contributed by atoms with E-state index >= 15 is 0 Å². The Kier molecular flexibility index (Phi) is 0.890. The average molecular weight is 100 g/mol. The third-order valence-electron chi connectivity index (χ3n) is 1.81. The molecule has 1 aliphatic heterocycles. The van der Waals surface area contributed by atoms with Gasteiger partial charge in [-0.05, 0) is 6.92 Å². The number of ether oxygens (including phenoxy) is 1. The summed E-state index contributed by atoms with van der Waals surface area (Å²) in [5, 5.41) is 0. The monoisotopic (exact) mass is 100 g/mol. The Morgan fingerprint density at radius 1 is 1.57 bits per heavy atom. The second-order valence-electron chi connectivity index (χ2n) is 2.94. The van der Waals surface area contributed by atoms with Gasteiger partial charge >= 0.3 is 0 Å². The highest BCUT2D eigenvalue weighted by atomic mass is 16.5. The van der Waals surface area contributed by atoms with Crippen molar-refractivity contribution in [3.8, 4) is 0 Å². The molecule has 0 bridgehead atoms. The Balaban J connectivity index is 2.43. The van der Waals surface area contributed by atoms with Crippen molar-refractivity contribution in [3.63, 3.8) is 0 Å². The van der Waals surface area contributed by atoms with E-state index in [1.807, 2.05) is 0 Å². The molecule has 0 N–H and O–H groups in total. The van der Waals surface area contributed by atoms with Gasteiger partial charge in [-0.1, -0.05) is 13.8 Å². The largest absolute Gasteiger partial charge is 0.377 e. The van der Waals surface area contributed by atoms with Crippen LogP contribution in [0.3, 0.4) is 0 Å². The molecule has 0 radical (unpaired) electrons. The van der Waals surface area contributed by atoms with E-state index in [2.05, 4.69) is 20.8 Å². The van der Waals surface area contributed by atoms with Crippen LogP contribution in [-0.4, -0.2) is 12.7 Å². The summed E-state index contributed by atoms with van der Waals surface area (Å²) in [6.45, 7) is 7.50. The molecule has 0 amide bonds. The summed E-state index contributed by atoms with van der Waals surface area (Å²) in [6, 6.07) is 0. The zero-order valence-corrected chi connectivity index (χ0v) is 5.19. The van der Waals surface area contributed by atoms with Crippen molar-refractivity contribution in [2.45, 2.75) is 26.9 Å². The summed E-state index contributed by atoms with van der Waals surface area (Å²) < 4.78 is 5.15. The Hall–Kier alpha value is -0.0400. The third-order valence-corrected chi connectivity index (χ3v) is 1.81. The summed E-state index contributed by atoms with van der Waals surface area (Å²) in [4.78, 5) is 0. The van der Waals surface area contributed by atoms with Crippen molar-refractivity contribution in [2.75, 3.05) is 6.61 Å². The second kappa shape index (κ2) is 1.22. The molecule has 1 atom stereocenters. The van der Waals surface area contributed by atoms with Crippen molar-refractivity contribution in [1.82, 2.24) is 0 Å². The average Bonchev–Trinajstić information content (AvgIpc) is 1.63. The van der Waals surface area contributed by atoms with Crippen LogP contribution < -0.4 is 0 Å². The molecule has 0 aliphatic carbocycles. The highest BCUT2D eigenvalue weighted by Gasteiger charge is 2.35. The Bertz CT molecular complexity index is 76.2. The molecular formula is C6H12O. The van der Waals surface area contributed by atoms with Crippen molar-refractivity contribution < 1.29 is 4.74 Å². The molecular weight excluding hydrogens is 88.1 g/mol. The minimum absolute atomic E-state index is 0.458. The van der Waals surface area contributed by atoms with E-state index in [9.17, 15) is 0 Å². The minimum atomic E-state index is 0.458. The SMILES string of the molecule is C[C@@H]1OCC1(C)C. The van der Waals surface area contributed by atoms with Gasteiger partial charge in [-0.15, -0.1) is 0 Å². The third kappa shape index (κ3) is 0.653. The van der Waals surface area contributed by atoms with Gasteiger partial charge in [-0.25, -0.2) is 0 Å². The lowest BCUT2D eigenvalue weighted by molar-refractivity contribution is -0.156. The van der Waals surface area contributed by atoms with E-state index in [1.54, 1.807) is 0 Å². The van der Waals surface area contributed by atoms with Crippen molar-refractivity contribution in [3.05, 3.63) is 0 Å². The molecule has 1 heteroatoms. The van der Waals surface area contributed by atoms with Crippen LogP contribution in [0, 0.1) is 5.41 Å². The maximum absolute atomic E-state index is 5.15. The fourth-order valence-electron chi connectivity index (χ4n) is 0.583. The molecule has 0 spiro atoms. The van der Waals surface area contributed by atoms with Gasteiger partial charge in [0.05, 0.1) is 12.7 Å². The molecule has 0 aromatic carbocycles. The van der Waals surface area contributed by atoms with Crippen LogP contribution in [-0.2, 0) is 4.74 Å². The highest BCUT2D eigenvalue weighted by Crippen LogP contribution is 2.32. The topological polar surface area (TPSA) is 9.23 Å². The van der Waals surface area contributed by atoms with Gasteiger partial charge in [-0.2, -0.15) is 0 Å². The van der Waals surface area contributed by atoms with Gasteiger partial charge in [0.2, 0.25) is 0 Å². The first kappa shape index (κ1) is 5.10. The van der Waals surface area contributed by atoms with Crippen molar-refractivity contribution in [1.29, 1.82) is 0 Å². The van der Waals surface area contributed by atoms with Crippen LogP contribution >= 0.6 is 0 Å². The van der Waals surface area contributed by atoms with E-state index in [-0.39, 0.29) is 0 Å². The summed E-state index contributed by atoms with van der Waals surface area (Å²) in [5.41, 5.74) is 0.458. The van der Waals surface area contributed by atoms with Crippen LogP contribution in [0.5, 0.6) is 0 Å². The Labute approximate surface area is 44.7 Å². The van der Waals surface area contributed by atoms with E-state index < -0.39 is 0 Å². The van der Waals surface area contributed by atoms with Crippen LogP contribution in [0.25, 0.3) is 0 Å². The van der Waals surface area contributed by atoms with Gasteiger partial charge in [0.25, 0.3) is 0 Å². The van der Waals surface area contributed by atoms with Crippen molar-refractivity contribution in [2.24, 2.45) is 5.41 Å². The fraction of sp³-hybridized carbons (Fsp3) is 1.00. The molecule has 0 unspecified atom stereocenters. The van der Waals surface area contributed by atoms with E-state index in [0.717, 1.165) is 6.61 Å². The molecule has 1 fully saturated rings. The van der Waals surface area contributed by atoms with Crippen LogP contribution in [0.2, 0.25) is 0 Å². The predicted octanol–water partition coefficient (Wildman–Crippen LogP) is 1.43.